The predicted molar refractivity (Wildman–Crippen MR) is 74.7 cm³/mol. The molecule has 0 spiro atoms. The molecule has 0 aliphatic heterocycles. The molecule has 0 aliphatic rings. The molecule has 19 heavy (non-hydrogen) atoms. The van der Waals surface area contributed by atoms with E-state index >= 15 is 0 Å². The molecule has 1 aromatic rings. The van der Waals surface area contributed by atoms with Gasteiger partial charge in [0.15, 0.2) is 5.78 Å². The molecule has 0 aromatic heterocycles. The van der Waals surface area contributed by atoms with Gasteiger partial charge in [-0.3, -0.25) is 9.59 Å². The van der Waals surface area contributed by atoms with E-state index < -0.39 is 0 Å². The van der Waals surface area contributed by atoms with Gasteiger partial charge in [0.25, 0.3) is 0 Å². The fourth-order valence-electron chi connectivity index (χ4n) is 1.96. The van der Waals surface area contributed by atoms with E-state index in [1.807, 2.05) is 32.9 Å². The van der Waals surface area contributed by atoms with E-state index in [-0.39, 0.29) is 24.5 Å². The van der Waals surface area contributed by atoms with Gasteiger partial charge in [-0.2, -0.15) is 0 Å². The summed E-state index contributed by atoms with van der Waals surface area (Å²) >= 11 is 0. The minimum Gasteiger partial charge on any atom is -0.496 e. The summed E-state index contributed by atoms with van der Waals surface area (Å²) < 4.78 is 5.22. The highest BCUT2D eigenvalue weighted by atomic mass is 16.5. The minimum atomic E-state index is -0.0845. The van der Waals surface area contributed by atoms with Gasteiger partial charge in [-0.15, -0.1) is 0 Å². The largest absolute Gasteiger partial charge is 0.496 e. The summed E-state index contributed by atoms with van der Waals surface area (Å²) in [5, 5.41) is 2.69. The van der Waals surface area contributed by atoms with Gasteiger partial charge in [0.2, 0.25) is 5.91 Å². The molecule has 0 heterocycles. The zero-order valence-corrected chi connectivity index (χ0v) is 12.0. The molecule has 0 saturated heterocycles. The van der Waals surface area contributed by atoms with Crippen LogP contribution in [0.15, 0.2) is 12.1 Å². The van der Waals surface area contributed by atoms with E-state index in [9.17, 15) is 9.59 Å². The summed E-state index contributed by atoms with van der Waals surface area (Å²) in [7, 11) is 1.61. The smallest absolute Gasteiger partial charge is 0.220 e. The van der Waals surface area contributed by atoms with Crippen molar-refractivity contribution in [3.8, 4) is 5.75 Å². The van der Waals surface area contributed by atoms with Crippen molar-refractivity contribution in [1.82, 2.24) is 5.32 Å². The molecule has 4 nitrogen and oxygen atoms in total. The van der Waals surface area contributed by atoms with Crippen molar-refractivity contribution in [2.45, 2.75) is 33.6 Å². The topological polar surface area (TPSA) is 55.4 Å². The van der Waals surface area contributed by atoms with Crippen molar-refractivity contribution in [3.05, 3.63) is 28.8 Å². The van der Waals surface area contributed by atoms with Crippen molar-refractivity contribution in [2.75, 3.05) is 13.7 Å². The highest BCUT2D eigenvalue weighted by Crippen LogP contribution is 2.23. The van der Waals surface area contributed by atoms with E-state index in [1.54, 1.807) is 7.11 Å². The zero-order chi connectivity index (χ0) is 14.4. The molecular formula is C15H21NO3. The first-order valence-electron chi connectivity index (χ1n) is 6.44. The first-order chi connectivity index (χ1) is 8.99. The average molecular weight is 263 g/mol. The second-order valence-corrected chi connectivity index (χ2v) is 4.51. The summed E-state index contributed by atoms with van der Waals surface area (Å²) in [6.07, 6.45) is 0.468. The van der Waals surface area contributed by atoms with Crippen LogP contribution >= 0.6 is 0 Å². The van der Waals surface area contributed by atoms with Gasteiger partial charge in [-0.25, -0.2) is 0 Å². The highest BCUT2D eigenvalue weighted by Gasteiger charge is 2.13. The van der Waals surface area contributed by atoms with Gasteiger partial charge >= 0.3 is 0 Å². The number of Topliss-reactive ketones (excluding diaryl/α,β-unsaturated/α-hetero) is 1. The Morgan fingerprint density at radius 1 is 1.16 bits per heavy atom. The Balaban J connectivity index is 2.77. The Labute approximate surface area is 114 Å². The molecule has 1 rings (SSSR count). The molecule has 0 aliphatic carbocycles. The number of carbonyl (C=O) groups excluding carboxylic acids is 2. The molecule has 1 amide bonds. The van der Waals surface area contributed by atoms with Crippen LogP contribution in [0.3, 0.4) is 0 Å². The Morgan fingerprint density at radius 2 is 1.84 bits per heavy atom. The number of nitrogens with one attached hydrogen (secondary N) is 1. The van der Waals surface area contributed by atoms with Gasteiger partial charge in [-0.05, 0) is 44.0 Å². The molecule has 0 fully saturated rings. The summed E-state index contributed by atoms with van der Waals surface area (Å²) in [6, 6.07) is 3.68. The van der Waals surface area contributed by atoms with Crippen LogP contribution in [-0.4, -0.2) is 25.3 Å². The van der Waals surface area contributed by atoms with Gasteiger partial charge in [0, 0.05) is 24.9 Å². The maximum atomic E-state index is 12.1. The quantitative estimate of drug-likeness (QED) is 0.802. The standard InChI is InChI=1S/C15H21NO3/c1-5-16-15(18)7-6-13(17)12-8-11(3)14(19-4)9-10(12)2/h8-9H,5-7H2,1-4H3,(H,16,18). The van der Waals surface area contributed by atoms with Crippen molar-refractivity contribution in [1.29, 1.82) is 0 Å². The number of methoxy groups -OCH3 is 1. The molecule has 0 radical (unpaired) electrons. The van der Waals surface area contributed by atoms with Gasteiger partial charge in [0.05, 0.1) is 7.11 Å². The normalized spacial score (nSPS) is 10.1. The van der Waals surface area contributed by atoms with Crippen molar-refractivity contribution in [2.24, 2.45) is 0 Å². The van der Waals surface area contributed by atoms with Gasteiger partial charge in [-0.1, -0.05) is 0 Å². The van der Waals surface area contributed by atoms with Gasteiger partial charge < -0.3 is 10.1 Å². The van der Waals surface area contributed by atoms with E-state index in [0.29, 0.717) is 12.1 Å². The Morgan fingerprint density at radius 3 is 2.42 bits per heavy atom. The van der Waals surface area contributed by atoms with Crippen molar-refractivity contribution >= 4 is 11.7 Å². The number of ether oxygens (including phenoxy) is 1. The summed E-state index contributed by atoms with van der Waals surface area (Å²) in [5.41, 5.74) is 2.47. The van der Waals surface area contributed by atoms with E-state index in [2.05, 4.69) is 5.32 Å². The van der Waals surface area contributed by atoms with Crippen LogP contribution in [-0.2, 0) is 4.79 Å². The van der Waals surface area contributed by atoms with Gasteiger partial charge in [0.1, 0.15) is 5.75 Å². The number of carbonyl (C=O) groups is 2. The fraction of sp³-hybridized carbons (Fsp3) is 0.467. The monoisotopic (exact) mass is 263 g/mol. The number of aryl methyl sites for hydroxylation is 2. The van der Waals surface area contributed by atoms with E-state index in [4.69, 9.17) is 4.74 Å². The molecule has 0 saturated carbocycles. The number of ketones is 1. The lowest BCUT2D eigenvalue weighted by atomic mass is 9.98. The third kappa shape index (κ3) is 4.09. The Kier molecular flexibility index (Phi) is 5.55. The Hall–Kier alpha value is -1.84. The Bertz CT molecular complexity index is 481. The summed E-state index contributed by atoms with van der Waals surface area (Å²) in [4.78, 5) is 23.5. The third-order valence-corrected chi connectivity index (χ3v) is 3.00. The van der Waals surface area contributed by atoms with Crippen LogP contribution in [0.25, 0.3) is 0 Å². The lowest BCUT2D eigenvalue weighted by molar-refractivity contribution is -0.120. The number of amides is 1. The molecule has 1 N–H and O–H groups in total. The maximum absolute atomic E-state index is 12.1. The van der Waals surface area contributed by atoms with E-state index in [1.165, 1.54) is 0 Å². The molecule has 104 valence electrons. The molecule has 0 bridgehead atoms. The van der Waals surface area contributed by atoms with Crippen LogP contribution in [0.1, 0.15) is 41.3 Å². The fourth-order valence-corrected chi connectivity index (χ4v) is 1.96. The zero-order valence-electron chi connectivity index (χ0n) is 12.0. The second-order valence-electron chi connectivity index (χ2n) is 4.51. The SMILES string of the molecule is CCNC(=O)CCC(=O)c1cc(C)c(OC)cc1C. The van der Waals surface area contributed by atoms with E-state index in [0.717, 1.165) is 16.9 Å². The van der Waals surface area contributed by atoms with Crippen LogP contribution in [0.4, 0.5) is 0 Å². The van der Waals surface area contributed by atoms with Crippen molar-refractivity contribution in [3.63, 3.8) is 0 Å². The molecule has 0 atom stereocenters. The average Bonchev–Trinajstić information content (AvgIpc) is 2.38. The van der Waals surface area contributed by atoms with Crippen molar-refractivity contribution < 1.29 is 14.3 Å². The second kappa shape index (κ2) is 6.92. The first-order valence-corrected chi connectivity index (χ1v) is 6.44. The lowest BCUT2D eigenvalue weighted by Gasteiger charge is -2.10. The number of hydrogen-bond acceptors (Lipinski definition) is 3. The van der Waals surface area contributed by atoms with Crippen LogP contribution in [0, 0.1) is 13.8 Å². The molecule has 0 unspecified atom stereocenters. The number of benzene rings is 1. The molecule has 4 heteroatoms. The summed E-state index contributed by atoms with van der Waals surface area (Å²) in [5.74, 6) is 0.686. The predicted octanol–water partition coefficient (Wildman–Crippen LogP) is 2.41. The number of hydrogen-bond donors (Lipinski definition) is 1. The highest BCUT2D eigenvalue weighted by molar-refractivity contribution is 5.99. The lowest BCUT2D eigenvalue weighted by Crippen LogP contribution is -2.23. The van der Waals surface area contributed by atoms with Crippen LogP contribution < -0.4 is 10.1 Å². The maximum Gasteiger partial charge on any atom is 0.220 e. The van der Waals surface area contributed by atoms with Crippen LogP contribution in [0.2, 0.25) is 0 Å². The first kappa shape index (κ1) is 15.2. The minimum absolute atomic E-state index is 0.00509. The molecule has 1 aromatic carbocycles. The molecular weight excluding hydrogens is 242 g/mol. The summed E-state index contributed by atoms with van der Waals surface area (Å²) in [6.45, 7) is 6.23. The number of rotatable bonds is 6. The van der Waals surface area contributed by atoms with Crippen LogP contribution in [0.5, 0.6) is 5.75 Å². The third-order valence-electron chi connectivity index (χ3n) is 3.00.